The highest BCUT2D eigenvalue weighted by Gasteiger charge is 2.04. The van der Waals surface area contributed by atoms with Crippen LogP contribution in [-0.2, 0) is 0 Å². The lowest BCUT2D eigenvalue weighted by molar-refractivity contribution is 0.712. The Kier molecular flexibility index (Phi) is 3.13. The summed E-state index contributed by atoms with van der Waals surface area (Å²) in [5.41, 5.74) is 5.81. The van der Waals surface area contributed by atoms with Crippen molar-refractivity contribution in [3.05, 3.63) is 19.9 Å². The van der Waals surface area contributed by atoms with Crippen LogP contribution in [0.2, 0.25) is 0 Å². The average Bonchev–Trinajstić information content (AvgIpc) is 2.34. The molecule has 0 saturated heterocycles. The smallest absolute Gasteiger partial charge is 0.0387 e. The van der Waals surface area contributed by atoms with Crippen LogP contribution in [0.3, 0.4) is 0 Å². The van der Waals surface area contributed by atoms with E-state index in [4.69, 9.17) is 5.73 Å². The lowest BCUT2D eigenvalue weighted by Crippen LogP contribution is -2.05. The van der Waals surface area contributed by atoms with Crippen molar-refractivity contribution >= 4 is 33.9 Å². The van der Waals surface area contributed by atoms with Gasteiger partial charge in [0.2, 0.25) is 0 Å². The Labute approximate surface area is 78.8 Å². The van der Waals surface area contributed by atoms with E-state index in [1.165, 1.54) is 8.45 Å². The maximum absolute atomic E-state index is 5.81. The molecule has 2 N–H and O–H groups in total. The van der Waals surface area contributed by atoms with Crippen molar-refractivity contribution in [1.82, 2.24) is 0 Å². The monoisotopic (exact) mass is 267 g/mol. The first kappa shape index (κ1) is 8.49. The topological polar surface area (TPSA) is 26.0 Å². The fourth-order valence-corrected chi connectivity index (χ4v) is 2.51. The second-order valence-electron chi connectivity index (χ2n) is 2.18. The molecule has 0 radical (unpaired) electrons. The molecule has 1 heterocycles. The molecule has 0 aliphatic carbocycles. The number of nitrogens with two attached hydrogens (primary N) is 1. The zero-order valence-corrected chi connectivity index (χ0v) is 8.78. The van der Waals surface area contributed by atoms with Gasteiger partial charge in [-0.25, -0.2) is 0 Å². The summed E-state index contributed by atoms with van der Waals surface area (Å²) in [6.45, 7) is 2.11. The van der Waals surface area contributed by atoms with Gasteiger partial charge in [-0.2, -0.15) is 0 Å². The Morgan fingerprint density at radius 3 is 2.90 bits per heavy atom. The molecule has 0 aromatic carbocycles. The van der Waals surface area contributed by atoms with Crippen LogP contribution in [0.5, 0.6) is 0 Å². The molecular weight excluding hydrogens is 257 g/mol. The van der Waals surface area contributed by atoms with Gasteiger partial charge in [-0.3, -0.25) is 0 Å². The molecule has 0 bridgehead atoms. The van der Waals surface area contributed by atoms with Crippen LogP contribution in [0.15, 0.2) is 11.4 Å². The predicted molar refractivity (Wildman–Crippen MR) is 54.3 cm³/mol. The van der Waals surface area contributed by atoms with E-state index in [2.05, 4.69) is 41.0 Å². The molecule has 1 unspecified atom stereocenters. The molecule has 1 aromatic rings. The van der Waals surface area contributed by atoms with Crippen molar-refractivity contribution in [1.29, 1.82) is 0 Å². The molecule has 0 fully saturated rings. The summed E-state index contributed by atoms with van der Waals surface area (Å²) in [7, 11) is 0. The van der Waals surface area contributed by atoms with Gasteiger partial charge in [0.1, 0.15) is 0 Å². The van der Waals surface area contributed by atoms with E-state index in [1.807, 2.05) is 0 Å². The molecule has 10 heavy (non-hydrogen) atoms. The van der Waals surface area contributed by atoms with E-state index in [0.717, 1.165) is 6.42 Å². The van der Waals surface area contributed by atoms with Crippen LogP contribution in [-0.4, -0.2) is 0 Å². The van der Waals surface area contributed by atoms with Crippen LogP contribution in [0.25, 0.3) is 0 Å². The van der Waals surface area contributed by atoms with E-state index in [-0.39, 0.29) is 6.04 Å². The highest BCUT2D eigenvalue weighted by Crippen LogP contribution is 2.23. The summed E-state index contributed by atoms with van der Waals surface area (Å²) in [5, 5.41) is 2.13. The summed E-state index contributed by atoms with van der Waals surface area (Å²) < 4.78 is 1.29. The summed E-state index contributed by atoms with van der Waals surface area (Å²) in [6.07, 6.45) is 1.02. The van der Waals surface area contributed by atoms with E-state index < -0.39 is 0 Å². The van der Waals surface area contributed by atoms with Gasteiger partial charge < -0.3 is 5.73 Å². The molecule has 1 rings (SSSR count). The summed E-state index contributed by atoms with van der Waals surface area (Å²) in [6, 6.07) is 2.40. The normalized spacial score (nSPS) is 13.5. The minimum atomic E-state index is 0.244. The molecule has 0 aliphatic heterocycles. The first-order valence-electron chi connectivity index (χ1n) is 3.23. The molecule has 1 atom stereocenters. The third-order valence-electron chi connectivity index (χ3n) is 1.39. The Morgan fingerprint density at radius 2 is 2.50 bits per heavy atom. The Hall–Kier alpha value is 0.390. The lowest BCUT2D eigenvalue weighted by atomic mass is 10.2. The predicted octanol–water partition coefficient (Wildman–Crippen LogP) is 2.76. The van der Waals surface area contributed by atoms with Crippen LogP contribution >= 0.6 is 33.9 Å². The van der Waals surface area contributed by atoms with E-state index in [9.17, 15) is 0 Å². The molecule has 56 valence electrons. The van der Waals surface area contributed by atoms with Gasteiger partial charge in [0, 0.05) is 19.9 Å². The summed E-state index contributed by atoms with van der Waals surface area (Å²) in [4.78, 5) is 1.30. The maximum atomic E-state index is 5.81. The second-order valence-corrected chi connectivity index (χ2v) is 4.37. The van der Waals surface area contributed by atoms with E-state index in [0.29, 0.717) is 0 Å². The van der Waals surface area contributed by atoms with Gasteiger partial charge >= 0.3 is 0 Å². The fraction of sp³-hybridized carbons (Fsp3) is 0.429. The molecule has 0 spiro atoms. The first-order chi connectivity index (χ1) is 4.74. The third kappa shape index (κ3) is 1.93. The van der Waals surface area contributed by atoms with Gasteiger partial charge in [-0.05, 0) is 35.1 Å². The zero-order valence-electron chi connectivity index (χ0n) is 5.80. The highest BCUT2D eigenvalue weighted by atomic mass is 127. The third-order valence-corrected chi connectivity index (χ3v) is 3.50. The molecule has 0 saturated carbocycles. The first-order valence-corrected chi connectivity index (χ1v) is 5.19. The molecule has 3 heteroatoms. The minimum Gasteiger partial charge on any atom is -0.323 e. The Balaban J connectivity index is 2.74. The average molecular weight is 267 g/mol. The summed E-state index contributed by atoms with van der Waals surface area (Å²) in [5.74, 6) is 0. The van der Waals surface area contributed by atoms with Crippen molar-refractivity contribution in [3.63, 3.8) is 0 Å². The standard InChI is InChI=1S/C7H10INS/c1-2-6(9)7-3-5(8)4-10-7/h3-4,6H,2,9H2,1H3. The zero-order chi connectivity index (χ0) is 7.56. The van der Waals surface area contributed by atoms with E-state index in [1.54, 1.807) is 11.3 Å². The second kappa shape index (κ2) is 3.69. The van der Waals surface area contributed by atoms with Gasteiger partial charge in [-0.15, -0.1) is 11.3 Å². The molecule has 0 aliphatic rings. The number of thiophene rings is 1. The van der Waals surface area contributed by atoms with Crippen LogP contribution < -0.4 is 5.73 Å². The Morgan fingerprint density at radius 1 is 1.80 bits per heavy atom. The fourth-order valence-electron chi connectivity index (χ4n) is 0.724. The van der Waals surface area contributed by atoms with Gasteiger partial charge in [0.05, 0.1) is 0 Å². The summed E-state index contributed by atoms with van der Waals surface area (Å²) >= 11 is 4.05. The maximum Gasteiger partial charge on any atom is 0.0387 e. The van der Waals surface area contributed by atoms with Gasteiger partial charge in [0.25, 0.3) is 0 Å². The number of hydrogen-bond acceptors (Lipinski definition) is 2. The van der Waals surface area contributed by atoms with Gasteiger partial charge in [-0.1, -0.05) is 6.92 Å². The van der Waals surface area contributed by atoms with Crippen LogP contribution in [0, 0.1) is 3.57 Å². The molecule has 1 nitrogen and oxygen atoms in total. The van der Waals surface area contributed by atoms with Crippen LogP contribution in [0.1, 0.15) is 24.3 Å². The Bertz CT molecular complexity index is 209. The van der Waals surface area contributed by atoms with Gasteiger partial charge in [0.15, 0.2) is 0 Å². The van der Waals surface area contributed by atoms with Crippen molar-refractivity contribution in [2.24, 2.45) is 5.73 Å². The van der Waals surface area contributed by atoms with Crippen molar-refractivity contribution in [2.75, 3.05) is 0 Å². The van der Waals surface area contributed by atoms with Crippen molar-refractivity contribution in [2.45, 2.75) is 19.4 Å². The van der Waals surface area contributed by atoms with Crippen molar-refractivity contribution < 1.29 is 0 Å². The quantitative estimate of drug-likeness (QED) is 0.819. The SMILES string of the molecule is CCC(N)c1cc(I)cs1. The highest BCUT2D eigenvalue weighted by molar-refractivity contribution is 14.1. The largest absolute Gasteiger partial charge is 0.323 e. The van der Waals surface area contributed by atoms with E-state index >= 15 is 0 Å². The number of rotatable bonds is 2. The lowest BCUT2D eigenvalue weighted by Gasteiger charge is -2.02. The van der Waals surface area contributed by atoms with Crippen LogP contribution in [0.4, 0.5) is 0 Å². The molecule has 0 amide bonds. The number of hydrogen-bond donors (Lipinski definition) is 1. The molecule has 1 aromatic heterocycles. The molecular formula is C7H10INS. The minimum absolute atomic E-state index is 0.244. The number of halogens is 1. The van der Waals surface area contributed by atoms with Crippen molar-refractivity contribution in [3.8, 4) is 0 Å².